The number of rotatable bonds is 8. The summed E-state index contributed by atoms with van der Waals surface area (Å²) in [7, 11) is 1.32. The Hall–Kier alpha value is -3.07. The third kappa shape index (κ3) is 7.10. The van der Waals surface area contributed by atoms with Crippen molar-refractivity contribution in [3.63, 3.8) is 0 Å². The van der Waals surface area contributed by atoms with E-state index in [4.69, 9.17) is 14.3 Å². The van der Waals surface area contributed by atoms with Gasteiger partial charge in [-0.3, -0.25) is 19.9 Å². The van der Waals surface area contributed by atoms with Crippen molar-refractivity contribution in [2.24, 2.45) is 11.3 Å². The number of nitrogens with zero attached hydrogens (tertiary/aromatic N) is 1. The third-order valence-corrected chi connectivity index (χ3v) is 8.62. The van der Waals surface area contributed by atoms with Crippen LogP contribution in [0.4, 0.5) is 0 Å². The van der Waals surface area contributed by atoms with E-state index in [-0.39, 0.29) is 30.9 Å². The van der Waals surface area contributed by atoms with Gasteiger partial charge in [0.1, 0.15) is 23.4 Å². The lowest BCUT2D eigenvalue weighted by atomic mass is 9.84. The molecule has 2 heterocycles. The lowest BCUT2D eigenvalue weighted by Crippen LogP contribution is -2.57. The summed E-state index contributed by atoms with van der Waals surface area (Å²) < 4.78 is 11.1. The van der Waals surface area contributed by atoms with Crippen LogP contribution >= 0.6 is 0 Å². The number of amides is 2. The Kier molecular flexibility index (Phi) is 9.60. The van der Waals surface area contributed by atoms with Crippen LogP contribution in [0.2, 0.25) is 0 Å². The van der Waals surface area contributed by atoms with Gasteiger partial charge in [-0.25, -0.2) is 4.79 Å². The molecule has 2 amide bonds. The summed E-state index contributed by atoms with van der Waals surface area (Å²) >= 11 is 0. The number of hydroxylamine groups is 1. The smallest absolute Gasteiger partial charge is 0.328 e. The molecule has 0 aromatic heterocycles. The van der Waals surface area contributed by atoms with Gasteiger partial charge in [0.2, 0.25) is 11.8 Å². The van der Waals surface area contributed by atoms with Crippen molar-refractivity contribution in [3.05, 3.63) is 34.9 Å². The predicted octanol–water partition coefficient (Wildman–Crippen LogP) is 4.98. The quantitative estimate of drug-likeness (QED) is 0.416. The topological polar surface area (TPSA) is 106 Å². The predicted molar refractivity (Wildman–Crippen MR) is 161 cm³/mol. The average Bonchev–Trinajstić information content (AvgIpc) is 3.52. The second kappa shape index (κ2) is 12.7. The van der Waals surface area contributed by atoms with E-state index in [0.29, 0.717) is 12.3 Å². The molecular formula is C33H49N3O6. The normalized spacial score (nSPS) is 23.5. The molecule has 232 valence electrons. The molecule has 4 rings (SSSR count). The molecule has 1 spiro atoms. The molecule has 0 unspecified atom stereocenters. The minimum atomic E-state index is -0.923. The monoisotopic (exact) mass is 583 g/mol. The van der Waals surface area contributed by atoms with Crippen molar-refractivity contribution >= 4 is 23.5 Å². The number of carbonyl (C=O) groups excluding carboxylic acids is 3. The fraction of sp³-hybridized carbons (Fsp3) is 0.667. The number of hydrogen-bond donors (Lipinski definition) is 2. The van der Waals surface area contributed by atoms with Crippen LogP contribution in [-0.4, -0.2) is 60.1 Å². The van der Waals surface area contributed by atoms with Gasteiger partial charge in [0.05, 0.1) is 25.5 Å². The molecule has 1 saturated heterocycles. The fourth-order valence-electron chi connectivity index (χ4n) is 6.49. The zero-order chi connectivity index (χ0) is 30.8. The highest BCUT2D eigenvalue weighted by atomic mass is 16.7. The fourth-order valence-corrected chi connectivity index (χ4v) is 6.49. The minimum Gasteiger partial charge on any atom is -0.490 e. The van der Waals surface area contributed by atoms with Crippen molar-refractivity contribution < 1.29 is 28.7 Å². The van der Waals surface area contributed by atoms with Crippen molar-refractivity contribution in [2.75, 3.05) is 13.7 Å². The number of benzene rings is 1. The Morgan fingerprint density at radius 2 is 1.76 bits per heavy atom. The summed E-state index contributed by atoms with van der Waals surface area (Å²) in [6.45, 7) is 14.0. The van der Waals surface area contributed by atoms with Gasteiger partial charge in [-0.1, -0.05) is 40.0 Å². The Morgan fingerprint density at radius 3 is 2.33 bits per heavy atom. The molecule has 1 saturated carbocycles. The summed E-state index contributed by atoms with van der Waals surface area (Å²) in [5.41, 5.74) is 5.28. The standard InChI is InChI=1S/C33H49N3O6/c1-20(2)41-28-21(3)14-24(15-22(28)4)25-17-33(42-35-25)18-26(31(39)40-8)36(19-33)30(38)29(32(5,6)7)34-27(37)16-23-12-10-9-11-13-23/h14-15,17,20,23,26,29,35H,9-13,16,18-19H2,1-8H3,(H,34,37)/t26-,29+,33+/m0/s1. The first-order valence-electron chi connectivity index (χ1n) is 15.4. The van der Waals surface area contributed by atoms with E-state index in [0.717, 1.165) is 53.8 Å². The first-order valence-corrected chi connectivity index (χ1v) is 15.4. The van der Waals surface area contributed by atoms with Crippen LogP contribution in [0.15, 0.2) is 18.2 Å². The maximum Gasteiger partial charge on any atom is 0.328 e. The number of nitrogens with one attached hydrogen (secondary N) is 2. The van der Waals surface area contributed by atoms with Crippen LogP contribution in [-0.2, 0) is 24.0 Å². The molecule has 3 atom stereocenters. The minimum absolute atomic E-state index is 0.0647. The lowest BCUT2D eigenvalue weighted by Gasteiger charge is -2.35. The van der Waals surface area contributed by atoms with Crippen molar-refractivity contribution in [3.8, 4) is 5.75 Å². The van der Waals surface area contributed by atoms with Gasteiger partial charge < -0.3 is 19.7 Å². The Morgan fingerprint density at radius 1 is 1.12 bits per heavy atom. The second-order valence-corrected chi connectivity index (χ2v) is 13.7. The molecule has 2 N–H and O–H groups in total. The maximum atomic E-state index is 14.1. The molecule has 9 nitrogen and oxygen atoms in total. The molecule has 42 heavy (non-hydrogen) atoms. The van der Waals surface area contributed by atoms with Gasteiger partial charge >= 0.3 is 5.97 Å². The largest absolute Gasteiger partial charge is 0.490 e. The number of methoxy groups -OCH3 is 1. The third-order valence-electron chi connectivity index (χ3n) is 8.62. The van der Waals surface area contributed by atoms with Gasteiger partial charge in [0, 0.05) is 18.4 Å². The molecule has 0 radical (unpaired) electrons. The molecule has 9 heteroatoms. The lowest BCUT2D eigenvalue weighted by molar-refractivity contribution is -0.153. The van der Waals surface area contributed by atoms with Gasteiger partial charge in [-0.2, -0.15) is 0 Å². The number of aryl methyl sites for hydroxylation is 2. The summed E-state index contributed by atoms with van der Waals surface area (Å²) in [5.74, 6) is 0.292. The molecule has 1 aromatic carbocycles. The van der Waals surface area contributed by atoms with E-state index in [9.17, 15) is 14.4 Å². The molecular weight excluding hydrogens is 534 g/mol. The van der Waals surface area contributed by atoms with Crippen LogP contribution in [0.3, 0.4) is 0 Å². The van der Waals surface area contributed by atoms with Gasteiger partial charge in [-0.05, 0) is 81.2 Å². The number of esters is 1. The van der Waals surface area contributed by atoms with E-state index in [1.807, 2.05) is 66.7 Å². The second-order valence-electron chi connectivity index (χ2n) is 13.7. The molecule has 3 aliphatic rings. The van der Waals surface area contributed by atoms with Crippen LogP contribution < -0.4 is 15.5 Å². The van der Waals surface area contributed by atoms with Crippen molar-refractivity contribution in [1.29, 1.82) is 0 Å². The van der Waals surface area contributed by atoms with Crippen LogP contribution in [0.5, 0.6) is 5.75 Å². The molecule has 2 fully saturated rings. The first kappa shape index (κ1) is 31.9. The summed E-state index contributed by atoms with van der Waals surface area (Å²) in [4.78, 5) is 47.9. The number of carbonyl (C=O) groups is 3. The Labute approximate surface area is 250 Å². The highest BCUT2D eigenvalue weighted by Crippen LogP contribution is 2.40. The zero-order valence-corrected chi connectivity index (χ0v) is 26.6. The molecule has 2 aliphatic heterocycles. The van der Waals surface area contributed by atoms with Crippen LogP contribution in [0, 0.1) is 25.2 Å². The highest BCUT2D eigenvalue weighted by molar-refractivity contribution is 5.92. The van der Waals surface area contributed by atoms with Crippen LogP contribution in [0.25, 0.3) is 5.70 Å². The number of likely N-dealkylation sites (tertiary alicyclic amines) is 1. The SMILES string of the molecule is COC(=O)[C@@H]1C[C@]2(C=C(c3cc(C)c(OC(C)C)c(C)c3)NO2)CN1C(=O)[C@@H](NC(=O)CC1CCCCC1)C(C)(C)C. The van der Waals surface area contributed by atoms with Crippen molar-refractivity contribution in [2.45, 2.75) is 117 Å². The number of ether oxygens (including phenoxy) is 2. The maximum absolute atomic E-state index is 14.1. The zero-order valence-electron chi connectivity index (χ0n) is 26.6. The van der Waals surface area contributed by atoms with E-state index in [1.165, 1.54) is 18.4 Å². The van der Waals surface area contributed by atoms with Gasteiger partial charge in [0.15, 0.2) is 0 Å². The van der Waals surface area contributed by atoms with E-state index >= 15 is 0 Å². The van der Waals surface area contributed by atoms with Gasteiger partial charge in [-0.15, -0.1) is 0 Å². The molecule has 1 aliphatic carbocycles. The summed E-state index contributed by atoms with van der Waals surface area (Å²) in [6.07, 6.45) is 8.29. The summed E-state index contributed by atoms with van der Waals surface area (Å²) in [5, 5.41) is 3.04. The Balaban J connectivity index is 1.57. The highest BCUT2D eigenvalue weighted by Gasteiger charge is 2.54. The number of hydrogen-bond acceptors (Lipinski definition) is 7. The Bertz CT molecular complexity index is 1190. The molecule has 0 bridgehead atoms. The average molecular weight is 584 g/mol. The molecule has 1 aromatic rings. The van der Waals surface area contributed by atoms with Crippen molar-refractivity contribution in [1.82, 2.24) is 15.7 Å². The van der Waals surface area contributed by atoms with E-state index in [1.54, 1.807) is 0 Å². The van der Waals surface area contributed by atoms with E-state index < -0.39 is 29.1 Å². The van der Waals surface area contributed by atoms with E-state index in [2.05, 4.69) is 10.8 Å². The summed E-state index contributed by atoms with van der Waals surface area (Å²) in [6, 6.07) is 2.44. The van der Waals surface area contributed by atoms with Gasteiger partial charge in [0.25, 0.3) is 0 Å². The first-order chi connectivity index (χ1) is 19.7. The van der Waals surface area contributed by atoms with Crippen LogP contribution in [0.1, 0.15) is 96.3 Å².